The third kappa shape index (κ3) is 8.01. The molecule has 1 atom stereocenters. The third-order valence-electron chi connectivity index (χ3n) is 2.47. The van der Waals surface area contributed by atoms with E-state index in [4.69, 9.17) is 5.73 Å². The van der Waals surface area contributed by atoms with Crippen LogP contribution < -0.4 is 11.1 Å². The first kappa shape index (κ1) is 16.2. The fraction of sp³-hybridized carbons (Fsp3) is 0.909. The van der Waals surface area contributed by atoms with Gasteiger partial charge in [-0.2, -0.15) is 13.2 Å². The van der Waals surface area contributed by atoms with E-state index in [-0.39, 0.29) is 11.5 Å². The maximum atomic E-state index is 11.9. The molecule has 0 saturated heterocycles. The molecular weight excluding hydrogens is 233 g/mol. The maximum Gasteiger partial charge on any atom is 0.389 e. The quantitative estimate of drug-likeness (QED) is 0.790. The lowest BCUT2D eigenvalue weighted by molar-refractivity contribution is -0.144. The van der Waals surface area contributed by atoms with Gasteiger partial charge in [0.05, 0.1) is 6.42 Å². The predicted molar refractivity (Wildman–Crippen MR) is 60.3 cm³/mol. The van der Waals surface area contributed by atoms with Crippen LogP contribution in [0.4, 0.5) is 13.2 Å². The summed E-state index contributed by atoms with van der Waals surface area (Å²) < 4.78 is 35.8. The highest BCUT2D eigenvalue weighted by Gasteiger charge is 2.30. The summed E-state index contributed by atoms with van der Waals surface area (Å²) in [7, 11) is 0. The number of hydrogen-bond acceptors (Lipinski definition) is 2. The van der Waals surface area contributed by atoms with Gasteiger partial charge in [-0.1, -0.05) is 20.8 Å². The molecule has 17 heavy (non-hydrogen) atoms. The van der Waals surface area contributed by atoms with Crippen molar-refractivity contribution in [1.29, 1.82) is 0 Å². The zero-order chi connectivity index (χ0) is 13.7. The van der Waals surface area contributed by atoms with Crippen LogP contribution in [-0.2, 0) is 4.79 Å². The monoisotopic (exact) mass is 254 g/mol. The van der Waals surface area contributed by atoms with Gasteiger partial charge in [-0.05, 0) is 18.4 Å². The molecule has 0 aliphatic heterocycles. The minimum atomic E-state index is -4.29. The highest BCUT2D eigenvalue weighted by Crippen LogP contribution is 2.23. The molecule has 0 aromatic carbocycles. The lowest BCUT2D eigenvalue weighted by Gasteiger charge is -2.31. The van der Waals surface area contributed by atoms with Gasteiger partial charge in [-0.15, -0.1) is 0 Å². The van der Waals surface area contributed by atoms with Crippen LogP contribution in [0.1, 0.15) is 40.0 Å². The van der Waals surface area contributed by atoms with E-state index in [1.165, 1.54) is 0 Å². The Morgan fingerprint density at radius 2 is 1.82 bits per heavy atom. The van der Waals surface area contributed by atoms with Gasteiger partial charge in [-0.25, -0.2) is 0 Å². The number of halogens is 3. The second-order valence-electron chi connectivity index (χ2n) is 5.18. The van der Waals surface area contributed by atoms with Crippen molar-refractivity contribution in [2.75, 3.05) is 6.54 Å². The van der Waals surface area contributed by atoms with Gasteiger partial charge in [0.25, 0.3) is 0 Å². The van der Waals surface area contributed by atoms with E-state index in [1.54, 1.807) is 0 Å². The van der Waals surface area contributed by atoms with E-state index in [1.807, 2.05) is 20.8 Å². The van der Waals surface area contributed by atoms with E-state index in [2.05, 4.69) is 5.32 Å². The van der Waals surface area contributed by atoms with Crippen molar-refractivity contribution in [3.8, 4) is 0 Å². The minimum absolute atomic E-state index is 0.201. The molecule has 0 radical (unpaired) electrons. The molecular formula is C11H21F3N2O. The van der Waals surface area contributed by atoms with Gasteiger partial charge in [0.1, 0.15) is 0 Å². The molecule has 0 rings (SSSR count). The molecule has 0 aliphatic rings. The topological polar surface area (TPSA) is 55.1 Å². The minimum Gasteiger partial charge on any atom is -0.353 e. The SMILES string of the molecule is CC(C)(C)C(CCN)NC(=O)CCC(F)(F)F. The summed E-state index contributed by atoms with van der Waals surface area (Å²) in [6.45, 7) is 6.13. The van der Waals surface area contributed by atoms with E-state index < -0.39 is 24.9 Å². The Morgan fingerprint density at radius 3 is 2.18 bits per heavy atom. The molecule has 102 valence electrons. The lowest BCUT2D eigenvalue weighted by Crippen LogP contribution is -2.45. The third-order valence-corrected chi connectivity index (χ3v) is 2.47. The molecule has 0 fully saturated rings. The molecule has 0 aromatic rings. The summed E-state index contributed by atoms with van der Waals surface area (Å²) in [5, 5.41) is 2.61. The first-order valence-corrected chi connectivity index (χ1v) is 5.62. The molecule has 0 heterocycles. The zero-order valence-corrected chi connectivity index (χ0v) is 10.5. The van der Waals surface area contributed by atoms with Gasteiger partial charge in [0.15, 0.2) is 0 Å². The number of alkyl halides is 3. The molecule has 0 saturated carbocycles. The summed E-state index contributed by atoms with van der Waals surface area (Å²) in [4.78, 5) is 11.4. The summed E-state index contributed by atoms with van der Waals surface area (Å²) in [5.74, 6) is -0.573. The Morgan fingerprint density at radius 1 is 1.29 bits per heavy atom. The molecule has 3 N–H and O–H groups in total. The molecule has 1 unspecified atom stereocenters. The van der Waals surface area contributed by atoms with Gasteiger partial charge in [0.2, 0.25) is 5.91 Å². The van der Waals surface area contributed by atoms with E-state index in [9.17, 15) is 18.0 Å². The lowest BCUT2D eigenvalue weighted by atomic mass is 9.84. The van der Waals surface area contributed by atoms with Crippen LogP contribution in [0.15, 0.2) is 0 Å². The first-order valence-electron chi connectivity index (χ1n) is 5.62. The Labute approximate surface area is 99.9 Å². The first-order chi connectivity index (χ1) is 7.56. The standard InChI is InChI=1S/C11H21F3N2O/c1-10(2,3)8(5-7-15)16-9(17)4-6-11(12,13)14/h8H,4-7,15H2,1-3H3,(H,16,17). The Hall–Kier alpha value is -0.780. The number of hydrogen-bond donors (Lipinski definition) is 2. The number of amides is 1. The number of carbonyl (C=O) groups is 1. The van der Waals surface area contributed by atoms with Crippen LogP contribution >= 0.6 is 0 Å². The molecule has 0 aliphatic carbocycles. The Kier molecular flexibility index (Phi) is 5.95. The molecule has 0 spiro atoms. The van der Waals surface area contributed by atoms with Crippen molar-refractivity contribution < 1.29 is 18.0 Å². The number of carbonyl (C=O) groups excluding carboxylic acids is 1. The van der Waals surface area contributed by atoms with Crippen LogP contribution in [0.2, 0.25) is 0 Å². The van der Waals surface area contributed by atoms with Crippen LogP contribution in [0, 0.1) is 5.41 Å². The van der Waals surface area contributed by atoms with Crippen molar-refractivity contribution in [1.82, 2.24) is 5.32 Å². The Balaban J connectivity index is 4.23. The van der Waals surface area contributed by atoms with E-state index in [0.29, 0.717) is 13.0 Å². The fourth-order valence-corrected chi connectivity index (χ4v) is 1.41. The molecule has 0 aromatic heterocycles. The number of nitrogens with one attached hydrogen (secondary N) is 1. The average Bonchev–Trinajstić information content (AvgIpc) is 2.11. The average molecular weight is 254 g/mol. The van der Waals surface area contributed by atoms with Crippen LogP contribution in [-0.4, -0.2) is 24.7 Å². The zero-order valence-electron chi connectivity index (χ0n) is 10.5. The van der Waals surface area contributed by atoms with E-state index >= 15 is 0 Å². The van der Waals surface area contributed by atoms with E-state index in [0.717, 1.165) is 0 Å². The summed E-state index contributed by atoms with van der Waals surface area (Å²) in [5.41, 5.74) is 5.20. The van der Waals surface area contributed by atoms with Crippen molar-refractivity contribution >= 4 is 5.91 Å². The second-order valence-corrected chi connectivity index (χ2v) is 5.18. The van der Waals surface area contributed by atoms with Crippen LogP contribution in [0.3, 0.4) is 0 Å². The predicted octanol–water partition coefficient (Wildman–Crippen LogP) is 2.21. The van der Waals surface area contributed by atoms with Gasteiger partial charge < -0.3 is 11.1 Å². The summed E-state index contributed by atoms with van der Waals surface area (Å²) >= 11 is 0. The fourth-order valence-electron chi connectivity index (χ4n) is 1.41. The molecule has 1 amide bonds. The maximum absolute atomic E-state index is 11.9. The van der Waals surface area contributed by atoms with Crippen molar-refractivity contribution in [3.63, 3.8) is 0 Å². The second kappa shape index (κ2) is 6.23. The Bertz CT molecular complexity index is 246. The largest absolute Gasteiger partial charge is 0.389 e. The van der Waals surface area contributed by atoms with Gasteiger partial charge in [0, 0.05) is 12.5 Å². The van der Waals surface area contributed by atoms with Crippen LogP contribution in [0.25, 0.3) is 0 Å². The normalized spacial score (nSPS) is 14.5. The highest BCUT2D eigenvalue weighted by molar-refractivity contribution is 5.76. The highest BCUT2D eigenvalue weighted by atomic mass is 19.4. The smallest absolute Gasteiger partial charge is 0.353 e. The van der Waals surface area contributed by atoms with Crippen molar-refractivity contribution in [2.45, 2.75) is 52.3 Å². The molecule has 6 heteroatoms. The van der Waals surface area contributed by atoms with Crippen LogP contribution in [0.5, 0.6) is 0 Å². The van der Waals surface area contributed by atoms with Crippen molar-refractivity contribution in [2.24, 2.45) is 11.1 Å². The summed E-state index contributed by atoms with van der Waals surface area (Å²) in [6, 6.07) is -0.201. The van der Waals surface area contributed by atoms with Gasteiger partial charge in [-0.3, -0.25) is 4.79 Å². The number of nitrogens with two attached hydrogens (primary N) is 1. The molecule has 0 bridgehead atoms. The van der Waals surface area contributed by atoms with Gasteiger partial charge >= 0.3 is 6.18 Å². The summed E-state index contributed by atoms with van der Waals surface area (Å²) in [6.07, 6.45) is -5.34. The number of rotatable bonds is 5. The van der Waals surface area contributed by atoms with Crippen molar-refractivity contribution in [3.05, 3.63) is 0 Å². The molecule has 3 nitrogen and oxygen atoms in total.